The van der Waals surface area contributed by atoms with Crippen LogP contribution in [0.4, 0.5) is 0 Å². The molecule has 4 heterocycles. The fraction of sp³-hybridized carbons (Fsp3) is 0.206. The SMILES string of the molecule is Cc1ccc2c(n1)oc1c(-c3ccc(-c4ccccc4-c4cc(-c5ccccc5CC5(C(=O)/C=C(\O)C6CCCC6)CCCC5)cc(-c5ccccc5-c5ccc(-c6cc(C)c(C)cn6)cc5)c4)cn3)cccc12. The maximum atomic E-state index is 14.5. The molecule has 0 atom stereocenters. The van der Waals surface area contributed by atoms with Crippen molar-refractivity contribution >= 4 is 27.9 Å². The lowest BCUT2D eigenvalue weighted by molar-refractivity contribution is -0.123. The van der Waals surface area contributed by atoms with E-state index in [0.717, 1.165) is 157 Å². The van der Waals surface area contributed by atoms with Crippen LogP contribution >= 0.6 is 0 Å². The molecule has 2 fully saturated rings. The van der Waals surface area contributed by atoms with Gasteiger partial charge in [0.2, 0.25) is 5.71 Å². The van der Waals surface area contributed by atoms with Crippen LogP contribution in [0, 0.1) is 32.1 Å². The summed E-state index contributed by atoms with van der Waals surface area (Å²) in [5.41, 5.74) is 20.0. The predicted molar refractivity (Wildman–Crippen MR) is 302 cm³/mol. The van der Waals surface area contributed by atoms with Gasteiger partial charge in [0.25, 0.3) is 0 Å². The van der Waals surface area contributed by atoms with Crippen molar-refractivity contribution in [1.29, 1.82) is 0 Å². The Morgan fingerprint density at radius 1 is 0.554 bits per heavy atom. The van der Waals surface area contributed by atoms with Gasteiger partial charge in [0, 0.05) is 63.0 Å². The molecule has 364 valence electrons. The maximum absolute atomic E-state index is 14.5. The third-order valence-electron chi connectivity index (χ3n) is 16.1. The number of nitrogens with zero attached hydrogens (tertiary/aromatic N) is 3. The highest BCUT2D eigenvalue weighted by molar-refractivity contribution is 6.08. The predicted octanol–water partition coefficient (Wildman–Crippen LogP) is 17.7. The van der Waals surface area contributed by atoms with Crippen LogP contribution < -0.4 is 0 Å². The van der Waals surface area contributed by atoms with Crippen LogP contribution in [0.5, 0.6) is 0 Å². The van der Waals surface area contributed by atoms with E-state index in [2.05, 4.69) is 177 Å². The zero-order valence-electron chi connectivity index (χ0n) is 42.4. The normalized spacial score (nSPS) is 14.8. The molecule has 2 aliphatic carbocycles. The number of aryl methyl sites for hydroxylation is 3. The van der Waals surface area contributed by atoms with Gasteiger partial charge in [0.15, 0.2) is 5.78 Å². The van der Waals surface area contributed by atoms with Crippen molar-refractivity contribution in [3.63, 3.8) is 0 Å². The van der Waals surface area contributed by atoms with Crippen molar-refractivity contribution < 1.29 is 14.3 Å². The van der Waals surface area contributed by atoms with Gasteiger partial charge in [0.1, 0.15) is 5.58 Å². The van der Waals surface area contributed by atoms with Crippen LogP contribution in [0.25, 0.3) is 100 Å². The second kappa shape index (κ2) is 19.7. The molecular weight excluding hydrogens is 907 g/mol. The Morgan fingerprint density at radius 3 is 1.80 bits per heavy atom. The van der Waals surface area contributed by atoms with E-state index in [0.29, 0.717) is 12.1 Å². The molecule has 6 heteroatoms. The molecule has 0 radical (unpaired) electrons. The Morgan fingerprint density at radius 2 is 1.14 bits per heavy atom. The van der Waals surface area contributed by atoms with E-state index in [-0.39, 0.29) is 17.5 Å². The Balaban J connectivity index is 0.968. The zero-order chi connectivity index (χ0) is 50.3. The Hall–Kier alpha value is -8.22. The molecule has 1 N–H and O–H groups in total. The van der Waals surface area contributed by atoms with Gasteiger partial charge in [-0.3, -0.25) is 14.8 Å². The summed E-state index contributed by atoms with van der Waals surface area (Å²) in [7, 11) is 0. The molecule has 74 heavy (non-hydrogen) atoms. The van der Waals surface area contributed by atoms with Gasteiger partial charge >= 0.3 is 0 Å². The topological polar surface area (TPSA) is 89.1 Å². The summed E-state index contributed by atoms with van der Waals surface area (Å²) in [6.45, 7) is 6.21. The summed E-state index contributed by atoms with van der Waals surface area (Å²) in [5.74, 6) is 0.448. The first-order valence-electron chi connectivity index (χ1n) is 26.3. The Kier molecular flexibility index (Phi) is 12.4. The van der Waals surface area contributed by atoms with Crippen molar-refractivity contribution in [1.82, 2.24) is 15.0 Å². The first-order chi connectivity index (χ1) is 36.2. The maximum Gasteiger partial charge on any atom is 0.227 e. The van der Waals surface area contributed by atoms with E-state index in [9.17, 15) is 9.90 Å². The number of allylic oxidation sites excluding steroid dienone is 2. The number of aliphatic hydroxyl groups is 1. The number of carbonyl (C=O) groups excluding carboxylic acids is 1. The number of para-hydroxylation sites is 1. The van der Waals surface area contributed by atoms with E-state index >= 15 is 0 Å². The van der Waals surface area contributed by atoms with Gasteiger partial charge in [-0.25, -0.2) is 4.98 Å². The largest absolute Gasteiger partial charge is 0.512 e. The molecule has 6 nitrogen and oxygen atoms in total. The number of rotatable bonds is 12. The number of pyridine rings is 3. The summed E-state index contributed by atoms with van der Waals surface area (Å²) in [6.07, 6.45) is 13.9. The van der Waals surface area contributed by atoms with E-state index in [1.807, 2.05) is 25.4 Å². The number of hydrogen-bond donors (Lipinski definition) is 1. The molecule has 2 aliphatic rings. The monoisotopic (exact) mass is 965 g/mol. The third-order valence-corrected chi connectivity index (χ3v) is 16.1. The first kappa shape index (κ1) is 46.8. The highest BCUT2D eigenvalue weighted by Crippen LogP contribution is 2.47. The second-order valence-electron chi connectivity index (χ2n) is 20.9. The minimum Gasteiger partial charge on any atom is -0.512 e. The lowest BCUT2D eigenvalue weighted by Gasteiger charge is -2.28. The molecule has 10 aromatic rings. The van der Waals surface area contributed by atoms with E-state index in [1.165, 1.54) is 11.1 Å². The van der Waals surface area contributed by atoms with E-state index in [4.69, 9.17) is 14.4 Å². The average molecular weight is 966 g/mol. The molecule has 0 spiro atoms. The van der Waals surface area contributed by atoms with Crippen LogP contribution in [0.2, 0.25) is 0 Å². The number of ketones is 1. The summed E-state index contributed by atoms with van der Waals surface area (Å²) in [6, 6.07) is 58.4. The van der Waals surface area contributed by atoms with E-state index in [1.54, 1.807) is 6.08 Å². The van der Waals surface area contributed by atoms with E-state index < -0.39 is 5.41 Å². The standard InChI is InChI=1S/C68H59N3O3/c1-43-35-63(69-41-44(43)2)47-28-26-46(27-29-47)55-19-8-10-21-57(55)52-36-51(54-18-7-6-17-49(54)40-68(33-12-13-34-68)65(73)39-64(72)48-15-4-5-16-48)37-53(38-52)58-22-11-9-20-56(58)50-30-32-62(70-42-50)61-24-14-23-59-60-31-25-45(3)71-67(60)74-66(59)61/h6-11,14,17-32,35-39,41-42,48,72H,4-5,12-13,15-16,33-34,40H2,1-3H3/b64-39-. The average Bonchev–Trinajstić information content (AvgIpc) is 4.24. The minimum absolute atomic E-state index is 0.0757. The molecule has 0 unspecified atom stereocenters. The van der Waals surface area contributed by atoms with Gasteiger partial charge in [-0.05, 0) is 168 Å². The van der Waals surface area contributed by atoms with Gasteiger partial charge in [-0.2, -0.15) is 0 Å². The van der Waals surface area contributed by atoms with Crippen LogP contribution in [0.1, 0.15) is 73.8 Å². The number of fused-ring (bicyclic) bond motifs is 3. The second-order valence-corrected chi connectivity index (χ2v) is 20.9. The molecule has 6 aromatic carbocycles. The summed E-state index contributed by atoms with van der Waals surface area (Å²) in [5, 5.41) is 13.2. The quantitative estimate of drug-likeness (QED) is 0.0969. The third kappa shape index (κ3) is 8.93. The molecule has 2 saturated carbocycles. The van der Waals surface area contributed by atoms with Crippen molar-refractivity contribution in [2.45, 2.75) is 78.6 Å². The minimum atomic E-state index is -0.563. The lowest BCUT2D eigenvalue weighted by Crippen LogP contribution is -2.30. The van der Waals surface area contributed by atoms with Crippen molar-refractivity contribution in [3.8, 4) is 78.1 Å². The molecule has 12 rings (SSSR count). The number of benzene rings is 6. The zero-order valence-corrected chi connectivity index (χ0v) is 42.4. The van der Waals surface area contributed by atoms with Crippen LogP contribution in [0.3, 0.4) is 0 Å². The molecule has 0 aliphatic heterocycles. The van der Waals surface area contributed by atoms with Crippen molar-refractivity contribution in [2.75, 3.05) is 0 Å². The molecule has 4 aromatic heterocycles. The fourth-order valence-electron chi connectivity index (χ4n) is 11.9. The van der Waals surface area contributed by atoms with Gasteiger partial charge in [0.05, 0.1) is 17.1 Å². The van der Waals surface area contributed by atoms with Gasteiger partial charge in [-0.15, -0.1) is 0 Å². The van der Waals surface area contributed by atoms with Gasteiger partial charge < -0.3 is 9.52 Å². The smallest absolute Gasteiger partial charge is 0.227 e. The number of furan rings is 1. The fourth-order valence-corrected chi connectivity index (χ4v) is 11.9. The van der Waals surface area contributed by atoms with Gasteiger partial charge in [-0.1, -0.05) is 141 Å². The summed E-state index contributed by atoms with van der Waals surface area (Å²) in [4.78, 5) is 29.0. The lowest BCUT2D eigenvalue weighted by atomic mass is 9.74. The number of hydrogen-bond acceptors (Lipinski definition) is 6. The summed E-state index contributed by atoms with van der Waals surface area (Å²) < 4.78 is 6.39. The highest BCUT2D eigenvalue weighted by Gasteiger charge is 2.41. The van der Waals surface area contributed by atoms with Crippen LogP contribution in [0.15, 0.2) is 192 Å². The molecule has 0 saturated heterocycles. The van der Waals surface area contributed by atoms with Crippen molar-refractivity contribution in [2.24, 2.45) is 11.3 Å². The molecule has 0 amide bonds. The summed E-state index contributed by atoms with van der Waals surface area (Å²) >= 11 is 0. The Bertz CT molecular complexity index is 3780. The highest BCUT2D eigenvalue weighted by atomic mass is 16.3. The van der Waals surface area contributed by atoms with Crippen molar-refractivity contribution in [3.05, 3.63) is 210 Å². The first-order valence-corrected chi connectivity index (χ1v) is 26.3. The number of aromatic nitrogens is 3. The van der Waals surface area contributed by atoms with Crippen LogP contribution in [-0.4, -0.2) is 25.8 Å². The Labute approximate surface area is 433 Å². The number of aliphatic hydroxyl groups excluding tert-OH is 1. The molecule has 0 bridgehead atoms. The number of carbonyl (C=O) groups is 1. The van der Waals surface area contributed by atoms with Crippen LogP contribution in [-0.2, 0) is 11.2 Å². The molecular formula is C68H59N3O3.